The summed E-state index contributed by atoms with van der Waals surface area (Å²) in [6.45, 7) is 4.86. The summed E-state index contributed by atoms with van der Waals surface area (Å²) < 4.78 is 5.42. The lowest BCUT2D eigenvalue weighted by Crippen LogP contribution is -2.45. The van der Waals surface area contributed by atoms with Crippen LogP contribution in [0.1, 0.15) is 361 Å². The van der Waals surface area contributed by atoms with Crippen molar-refractivity contribution in [1.82, 2.24) is 5.32 Å². The van der Waals surface area contributed by atoms with Crippen LogP contribution in [-0.4, -0.2) is 47.4 Å². The van der Waals surface area contributed by atoms with Gasteiger partial charge in [-0.25, -0.2) is 0 Å². The molecule has 2 atom stereocenters. The van der Waals surface area contributed by atoms with Gasteiger partial charge in [-0.05, 0) is 70.6 Å². The number of hydrogen-bond donors (Lipinski definition) is 3. The van der Waals surface area contributed by atoms with Crippen LogP contribution in [-0.2, 0) is 14.3 Å². The molecule has 0 aromatic rings. The van der Waals surface area contributed by atoms with Gasteiger partial charge in [-0.2, -0.15) is 0 Å². The highest BCUT2D eigenvalue weighted by atomic mass is 16.5. The van der Waals surface area contributed by atoms with Crippen molar-refractivity contribution in [1.29, 1.82) is 0 Å². The van der Waals surface area contributed by atoms with Gasteiger partial charge < -0.3 is 20.3 Å². The van der Waals surface area contributed by atoms with E-state index < -0.39 is 12.1 Å². The summed E-state index contributed by atoms with van der Waals surface area (Å²) in [7, 11) is 0. The number of amides is 1. The monoisotopic (exact) mass is 1040 g/mol. The Morgan fingerprint density at radius 1 is 0.378 bits per heavy atom. The van der Waals surface area contributed by atoms with E-state index >= 15 is 0 Å². The van der Waals surface area contributed by atoms with Gasteiger partial charge in [0.1, 0.15) is 0 Å². The number of nitrogens with one attached hydrogen (secondary N) is 1. The predicted octanol–water partition coefficient (Wildman–Crippen LogP) is 21.1. The van der Waals surface area contributed by atoms with Gasteiger partial charge in [-0.15, -0.1) is 0 Å². The second-order valence-electron chi connectivity index (χ2n) is 22.8. The average molecular weight is 1040 g/mol. The van der Waals surface area contributed by atoms with E-state index in [-0.39, 0.29) is 18.5 Å². The molecular formula is C68H129NO5. The second-order valence-corrected chi connectivity index (χ2v) is 22.8. The molecule has 0 heterocycles. The molecule has 0 aliphatic heterocycles. The maximum Gasteiger partial charge on any atom is 0.305 e. The van der Waals surface area contributed by atoms with Crippen LogP contribution in [0.4, 0.5) is 0 Å². The molecule has 0 fully saturated rings. The van der Waals surface area contributed by atoms with Crippen LogP contribution in [0.5, 0.6) is 0 Å². The highest BCUT2D eigenvalue weighted by molar-refractivity contribution is 5.76. The topological polar surface area (TPSA) is 95.9 Å². The molecule has 0 aliphatic rings. The Morgan fingerprint density at radius 2 is 0.676 bits per heavy atom. The van der Waals surface area contributed by atoms with E-state index in [1.165, 1.54) is 276 Å². The van der Waals surface area contributed by atoms with Crippen molar-refractivity contribution in [2.24, 2.45) is 0 Å². The van der Waals surface area contributed by atoms with Crippen molar-refractivity contribution >= 4 is 11.9 Å². The van der Waals surface area contributed by atoms with Crippen LogP contribution in [0.2, 0.25) is 0 Å². The standard InChI is InChI=1S/C68H129NO5/c1-3-5-7-9-11-13-15-17-19-20-21-23-26-29-33-36-40-44-48-52-56-60-66(71)65(64-70)69-67(72)61-57-53-49-45-41-37-34-30-27-24-22-25-28-31-35-39-43-47-51-55-59-63-74-68(73)62-58-54-50-46-42-38-32-18-16-14-12-10-8-6-4-2/h18,32,39,43,51,55,65-66,70-71H,3-17,19-31,33-38,40-42,44-50,52-54,56-64H2,1-2H3,(H,69,72)/b32-18-,43-39-,55-51-. The Morgan fingerprint density at radius 3 is 1.04 bits per heavy atom. The number of ether oxygens (including phenoxy) is 1. The number of unbranched alkanes of at least 4 members (excludes halogenated alkanes) is 45. The van der Waals surface area contributed by atoms with Crippen LogP contribution >= 0.6 is 0 Å². The first-order chi connectivity index (χ1) is 36.5. The Kier molecular flexibility index (Phi) is 62.0. The van der Waals surface area contributed by atoms with Crippen molar-refractivity contribution in [3.63, 3.8) is 0 Å². The van der Waals surface area contributed by atoms with Crippen LogP contribution in [0.15, 0.2) is 36.5 Å². The fourth-order valence-corrected chi connectivity index (χ4v) is 10.4. The van der Waals surface area contributed by atoms with E-state index in [4.69, 9.17) is 4.74 Å². The number of carbonyl (C=O) groups is 2. The zero-order valence-corrected chi connectivity index (χ0v) is 49.8. The van der Waals surface area contributed by atoms with E-state index in [1.54, 1.807) is 0 Å². The molecule has 0 aromatic carbocycles. The lowest BCUT2D eigenvalue weighted by molar-refractivity contribution is -0.143. The van der Waals surface area contributed by atoms with Crippen LogP contribution in [0.3, 0.4) is 0 Å². The molecule has 3 N–H and O–H groups in total. The lowest BCUT2D eigenvalue weighted by Gasteiger charge is -2.22. The molecule has 0 radical (unpaired) electrons. The van der Waals surface area contributed by atoms with E-state index in [2.05, 4.69) is 55.6 Å². The molecule has 74 heavy (non-hydrogen) atoms. The molecular weight excluding hydrogens is 911 g/mol. The van der Waals surface area contributed by atoms with Gasteiger partial charge in [0.2, 0.25) is 5.91 Å². The summed E-state index contributed by atoms with van der Waals surface area (Å²) in [5.41, 5.74) is 0. The van der Waals surface area contributed by atoms with Crippen LogP contribution in [0, 0.1) is 0 Å². The SMILES string of the molecule is CCCCCCCC/C=C\CCCCCCCC(=O)OCC/C=C\C/C=C\CCCCCCCCCCCCCCCCC(=O)NC(CO)C(O)CCCCCCCCCCCCCCCCCCCCCCC. The smallest absolute Gasteiger partial charge is 0.305 e. The molecule has 436 valence electrons. The van der Waals surface area contributed by atoms with Gasteiger partial charge in [0.25, 0.3) is 0 Å². The summed E-state index contributed by atoms with van der Waals surface area (Å²) >= 11 is 0. The number of hydrogen-bond acceptors (Lipinski definition) is 5. The third-order valence-electron chi connectivity index (χ3n) is 15.4. The van der Waals surface area contributed by atoms with Crippen LogP contribution < -0.4 is 5.32 Å². The second kappa shape index (κ2) is 63.6. The van der Waals surface area contributed by atoms with Crippen LogP contribution in [0.25, 0.3) is 0 Å². The van der Waals surface area contributed by atoms with Gasteiger partial charge in [0.05, 0.1) is 25.4 Å². The summed E-state index contributed by atoms with van der Waals surface area (Å²) in [4.78, 5) is 24.6. The number of aliphatic hydroxyl groups excluding tert-OH is 2. The maximum absolute atomic E-state index is 12.5. The Balaban J connectivity index is 3.45. The van der Waals surface area contributed by atoms with E-state index in [0.717, 1.165) is 51.4 Å². The normalized spacial score (nSPS) is 12.8. The summed E-state index contributed by atoms with van der Waals surface area (Å²) in [5.74, 6) is -0.0791. The third kappa shape index (κ3) is 59.3. The van der Waals surface area contributed by atoms with E-state index in [0.29, 0.717) is 25.9 Å². The number of allylic oxidation sites excluding steroid dienone is 5. The molecule has 0 rings (SSSR count). The zero-order valence-electron chi connectivity index (χ0n) is 49.8. The fraction of sp³-hybridized carbons (Fsp3) is 0.882. The predicted molar refractivity (Wildman–Crippen MR) is 324 cm³/mol. The highest BCUT2D eigenvalue weighted by Crippen LogP contribution is 2.18. The number of rotatable bonds is 62. The fourth-order valence-electron chi connectivity index (χ4n) is 10.4. The van der Waals surface area contributed by atoms with E-state index in [1.807, 2.05) is 0 Å². The average Bonchev–Trinajstić information content (AvgIpc) is 3.40. The Labute approximate surface area is 462 Å². The quantitative estimate of drug-likeness (QED) is 0.0320. The van der Waals surface area contributed by atoms with Crippen molar-refractivity contribution in [2.45, 2.75) is 373 Å². The molecule has 0 aromatic heterocycles. The highest BCUT2D eigenvalue weighted by Gasteiger charge is 2.20. The zero-order chi connectivity index (χ0) is 53.6. The molecule has 6 heteroatoms. The molecule has 6 nitrogen and oxygen atoms in total. The summed E-state index contributed by atoms with van der Waals surface area (Å²) in [6, 6.07) is -0.547. The Bertz CT molecular complexity index is 1200. The molecule has 0 spiro atoms. The molecule has 0 bridgehead atoms. The number of esters is 1. The molecule has 2 unspecified atom stereocenters. The first kappa shape index (κ1) is 72.1. The summed E-state index contributed by atoms with van der Waals surface area (Å²) in [6.07, 6.45) is 80.4. The van der Waals surface area contributed by atoms with Crippen molar-refractivity contribution in [3.05, 3.63) is 36.5 Å². The lowest BCUT2D eigenvalue weighted by atomic mass is 10.0. The molecule has 0 saturated carbocycles. The minimum absolute atomic E-state index is 0.0365. The van der Waals surface area contributed by atoms with Gasteiger partial charge in [0, 0.05) is 12.8 Å². The molecule has 1 amide bonds. The van der Waals surface area contributed by atoms with Gasteiger partial charge in [0.15, 0.2) is 0 Å². The largest absolute Gasteiger partial charge is 0.465 e. The first-order valence-corrected chi connectivity index (χ1v) is 33.2. The molecule has 0 saturated heterocycles. The van der Waals surface area contributed by atoms with Crippen molar-refractivity contribution in [2.75, 3.05) is 13.2 Å². The van der Waals surface area contributed by atoms with Crippen molar-refractivity contribution < 1.29 is 24.5 Å². The number of carbonyl (C=O) groups excluding carboxylic acids is 2. The van der Waals surface area contributed by atoms with E-state index in [9.17, 15) is 19.8 Å². The Hall–Kier alpha value is -1.92. The van der Waals surface area contributed by atoms with Gasteiger partial charge in [-0.1, -0.05) is 314 Å². The minimum atomic E-state index is -0.669. The van der Waals surface area contributed by atoms with Gasteiger partial charge >= 0.3 is 5.97 Å². The number of aliphatic hydroxyl groups is 2. The third-order valence-corrected chi connectivity index (χ3v) is 15.4. The van der Waals surface area contributed by atoms with Crippen molar-refractivity contribution in [3.8, 4) is 0 Å². The molecule has 0 aliphatic carbocycles. The summed E-state index contributed by atoms with van der Waals surface area (Å²) in [5, 5.41) is 23.4. The first-order valence-electron chi connectivity index (χ1n) is 33.2. The van der Waals surface area contributed by atoms with Gasteiger partial charge in [-0.3, -0.25) is 9.59 Å². The minimum Gasteiger partial charge on any atom is -0.465 e. The maximum atomic E-state index is 12.5.